The SMILES string of the molecule is Cc1cc(C)c(NC(=O)CNC(=O)CSc2nnc(-c3ccc(Cl)cc3)n2C)c(C)c1. The molecule has 7 nitrogen and oxygen atoms in total. The Bertz CT molecular complexity index is 1090. The van der Waals surface area contributed by atoms with E-state index < -0.39 is 0 Å². The largest absolute Gasteiger partial charge is 0.346 e. The van der Waals surface area contributed by atoms with Crippen LogP contribution in [0.15, 0.2) is 41.6 Å². The van der Waals surface area contributed by atoms with Gasteiger partial charge in [0.05, 0.1) is 12.3 Å². The fourth-order valence-electron chi connectivity index (χ4n) is 3.21. The van der Waals surface area contributed by atoms with E-state index in [9.17, 15) is 9.59 Å². The lowest BCUT2D eigenvalue weighted by molar-refractivity contribution is -0.122. The minimum atomic E-state index is -0.267. The van der Waals surface area contributed by atoms with Crippen molar-refractivity contribution >= 4 is 40.9 Å². The molecule has 31 heavy (non-hydrogen) atoms. The highest BCUT2D eigenvalue weighted by molar-refractivity contribution is 7.99. The molecule has 1 aromatic heterocycles. The van der Waals surface area contributed by atoms with Crippen molar-refractivity contribution in [3.63, 3.8) is 0 Å². The Kier molecular flexibility index (Phi) is 7.35. The highest BCUT2D eigenvalue weighted by Crippen LogP contribution is 2.24. The minimum absolute atomic E-state index is 0.0962. The van der Waals surface area contributed by atoms with Crippen LogP contribution in [0.4, 0.5) is 5.69 Å². The van der Waals surface area contributed by atoms with E-state index in [-0.39, 0.29) is 24.1 Å². The maximum atomic E-state index is 12.3. The Morgan fingerprint density at radius 2 is 1.68 bits per heavy atom. The van der Waals surface area contributed by atoms with E-state index in [1.54, 1.807) is 12.1 Å². The lowest BCUT2D eigenvalue weighted by atomic mass is 10.1. The van der Waals surface area contributed by atoms with E-state index in [1.165, 1.54) is 11.8 Å². The first kappa shape index (κ1) is 22.8. The van der Waals surface area contributed by atoms with Gasteiger partial charge < -0.3 is 15.2 Å². The molecule has 3 aromatic rings. The lowest BCUT2D eigenvalue weighted by Gasteiger charge is -2.13. The van der Waals surface area contributed by atoms with Crippen LogP contribution in [0.3, 0.4) is 0 Å². The third-order valence-corrected chi connectivity index (χ3v) is 5.93. The number of thioether (sulfide) groups is 1. The average Bonchev–Trinajstić information content (AvgIpc) is 3.08. The second-order valence-electron chi connectivity index (χ2n) is 7.26. The van der Waals surface area contributed by atoms with Crippen LogP contribution in [0, 0.1) is 20.8 Å². The van der Waals surface area contributed by atoms with Crippen LogP contribution in [0.1, 0.15) is 16.7 Å². The van der Waals surface area contributed by atoms with Gasteiger partial charge in [-0.25, -0.2) is 0 Å². The Morgan fingerprint density at radius 3 is 2.32 bits per heavy atom. The molecule has 0 unspecified atom stereocenters. The molecule has 0 saturated heterocycles. The molecule has 9 heteroatoms. The summed E-state index contributed by atoms with van der Waals surface area (Å²) in [5.41, 5.74) is 4.79. The molecule has 0 atom stereocenters. The summed E-state index contributed by atoms with van der Waals surface area (Å²) < 4.78 is 1.82. The van der Waals surface area contributed by atoms with Gasteiger partial charge in [0.25, 0.3) is 0 Å². The van der Waals surface area contributed by atoms with E-state index in [4.69, 9.17) is 11.6 Å². The molecule has 0 radical (unpaired) electrons. The second-order valence-corrected chi connectivity index (χ2v) is 8.64. The number of amides is 2. The van der Waals surface area contributed by atoms with Crippen LogP contribution < -0.4 is 10.6 Å². The normalized spacial score (nSPS) is 10.7. The molecule has 0 saturated carbocycles. The Labute approximate surface area is 190 Å². The van der Waals surface area contributed by atoms with Crippen molar-refractivity contribution in [2.75, 3.05) is 17.6 Å². The van der Waals surface area contributed by atoms with Crippen LogP contribution in [0.25, 0.3) is 11.4 Å². The monoisotopic (exact) mass is 457 g/mol. The highest BCUT2D eigenvalue weighted by Gasteiger charge is 2.14. The van der Waals surface area contributed by atoms with Gasteiger partial charge >= 0.3 is 0 Å². The number of rotatable bonds is 7. The smallest absolute Gasteiger partial charge is 0.243 e. The summed E-state index contributed by atoms with van der Waals surface area (Å²) in [7, 11) is 1.84. The van der Waals surface area contributed by atoms with E-state index >= 15 is 0 Å². The summed E-state index contributed by atoms with van der Waals surface area (Å²) in [6.07, 6.45) is 0. The van der Waals surface area contributed by atoms with Gasteiger partial charge in [-0.2, -0.15) is 0 Å². The number of aromatic nitrogens is 3. The fourth-order valence-corrected chi connectivity index (χ4v) is 4.08. The summed E-state index contributed by atoms with van der Waals surface area (Å²) in [5, 5.41) is 15.1. The molecular formula is C22H24ClN5O2S. The van der Waals surface area contributed by atoms with Gasteiger partial charge in [0.15, 0.2) is 11.0 Å². The molecule has 0 aliphatic rings. The topological polar surface area (TPSA) is 88.9 Å². The number of nitrogens with one attached hydrogen (secondary N) is 2. The standard InChI is InChI=1S/C22H24ClN5O2S/c1-13-9-14(2)20(15(3)10-13)25-18(29)11-24-19(30)12-31-22-27-26-21(28(22)4)16-5-7-17(23)8-6-16/h5-10H,11-12H2,1-4H3,(H,24,30)(H,25,29). The molecule has 0 bridgehead atoms. The molecule has 1 heterocycles. The minimum Gasteiger partial charge on any atom is -0.346 e. The molecule has 2 N–H and O–H groups in total. The van der Waals surface area contributed by atoms with Crippen molar-refractivity contribution in [2.24, 2.45) is 7.05 Å². The van der Waals surface area contributed by atoms with Gasteiger partial charge in [-0.1, -0.05) is 41.1 Å². The zero-order valence-corrected chi connectivity index (χ0v) is 19.4. The van der Waals surface area contributed by atoms with E-state index in [0.717, 1.165) is 27.9 Å². The Balaban J connectivity index is 1.51. The number of nitrogens with zero attached hydrogens (tertiary/aromatic N) is 3. The Morgan fingerprint density at radius 1 is 1.03 bits per heavy atom. The molecule has 3 rings (SSSR count). The van der Waals surface area contributed by atoms with Crippen LogP contribution in [-0.4, -0.2) is 38.9 Å². The van der Waals surface area contributed by atoms with Gasteiger partial charge in [-0.15, -0.1) is 10.2 Å². The summed E-state index contributed by atoms with van der Waals surface area (Å²) in [5.74, 6) is 0.288. The van der Waals surface area contributed by atoms with Crippen LogP contribution in [0.5, 0.6) is 0 Å². The number of halogens is 1. The van der Waals surface area contributed by atoms with E-state index in [2.05, 4.69) is 20.8 Å². The predicted octanol–water partition coefficient (Wildman–Crippen LogP) is 3.91. The first-order valence-electron chi connectivity index (χ1n) is 9.67. The second kappa shape index (κ2) is 9.98. The van der Waals surface area contributed by atoms with Gasteiger partial charge in [0.2, 0.25) is 11.8 Å². The molecule has 0 aliphatic carbocycles. The van der Waals surface area contributed by atoms with Gasteiger partial charge in [0, 0.05) is 23.3 Å². The van der Waals surface area contributed by atoms with Crippen molar-refractivity contribution in [2.45, 2.75) is 25.9 Å². The zero-order valence-electron chi connectivity index (χ0n) is 17.8. The van der Waals surface area contributed by atoms with Crippen molar-refractivity contribution in [1.29, 1.82) is 0 Å². The third kappa shape index (κ3) is 5.86. The number of carbonyl (C=O) groups is 2. The molecule has 0 fully saturated rings. The number of hydrogen-bond acceptors (Lipinski definition) is 5. The van der Waals surface area contributed by atoms with Crippen LogP contribution >= 0.6 is 23.4 Å². The number of aryl methyl sites for hydroxylation is 3. The van der Waals surface area contributed by atoms with E-state index in [1.807, 2.05) is 56.7 Å². The van der Waals surface area contributed by atoms with Crippen molar-refractivity contribution < 1.29 is 9.59 Å². The first-order chi connectivity index (χ1) is 14.7. The van der Waals surface area contributed by atoms with Gasteiger partial charge in [-0.05, 0) is 56.2 Å². The molecule has 2 amide bonds. The van der Waals surface area contributed by atoms with Crippen molar-refractivity contribution in [3.05, 3.63) is 58.1 Å². The van der Waals surface area contributed by atoms with Gasteiger partial charge in [0.1, 0.15) is 0 Å². The summed E-state index contributed by atoms with van der Waals surface area (Å²) in [4.78, 5) is 24.4. The first-order valence-corrected chi connectivity index (χ1v) is 11.0. The van der Waals surface area contributed by atoms with Crippen LogP contribution in [-0.2, 0) is 16.6 Å². The molecule has 0 spiro atoms. The highest BCUT2D eigenvalue weighted by atomic mass is 35.5. The molecular weight excluding hydrogens is 434 g/mol. The lowest BCUT2D eigenvalue weighted by Crippen LogP contribution is -2.34. The number of benzene rings is 2. The average molecular weight is 458 g/mol. The molecule has 0 aliphatic heterocycles. The van der Waals surface area contributed by atoms with E-state index in [0.29, 0.717) is 16.0 Å². The quantitative estimate of drug-likeness (QED) is 0.525. The fraction of sp³-hybridized carbons (Fsp3) is 0.273. The van der Waals surface area contributed by atoms with Crippen molar-refractivity contribution in [1.82, 2.24) is 20.1 Å². The number of carbonyl (C=O) groups excluding carboxylic acids is 2. The third-order valence-electron chi connectivity index (χ3n) is 4.66. The van der Waals surface area contributed by atoms with Crippen molar-refractivity contribution in [3.8, 4) is 11.4 Å². The van der Waals surface area contributed by atoms with Crippen LogP contribution in [0.2, 0.25) is 5.02 Å². The summed E-state index contributed by atoms with van der Waals surface area (Å²) in [6.45, 7) is 5.81. The van der Waals surface area contributed by atoms with Gasteiger partial charge in [-0.3, -0.25) is 9.59 Å². The maximum Gasteiger partial charge on any atom is 0.243 e. The summed E-state index contributed by atoms with van der Waals surface area (Å²) in [6, 6.07) is 11.3. The molecule has 2 aromatic carbocycles. The Hall–Kier alpha value is -2.84. The predicted molar refractivity (Wildman–Crippen MR) is 124 cm³/mol. The zero-order chi connectivity index (χ0) is 22.5. The maximum absolute atomic E-state index is 12.3. The summed E-state index contributed by atoms with van der Waals surface area (Å²) >= 11 is 7.18. The number of hydrogen-bond donors (Lipinski definition) is 2. The number of anilines is 1. The molecule has 162 valence electrons.